The molecule has 0 saturated heterocycles. The number of hydrogen-bond acceptors (Lipinski definition) is 3. The topological polar surface area (TPSA) is 41.1 Å². The molecule has 2 rings (SSSR count). The summed E-state index contributed by atoms with van der Waals surface area (Å²) in [6.07, 6.45) is 3.64. The van der Waals surface area contributed by atoms with Crippen LogP contribution in [0.3, 0.4) is 0 Å². The molecule has 0 bridgehead atoms. The molecule has 17 heavy (non-hydrogen) atoms. The third-order valence-electron chi connectivity index (χ3n) is 2.95. The smallest absolute Gasteiger partial charge is 0.225 e. The summed E-state index contributed by atoms with van der Waals surface area (Å²) >= 11 is 1.70. The number of fused-ring (bicyclic) bond motifs is 1. The third-order valence-corrected chi connectivity index (χ3v) is 3.57. The first kappa shape index (κ1) is 12.5. The van der Waals surface area contributed by atoms with Gasteiger partial charge >= 0.3 is 0 Å². The average Bonchev–Trinajstić information content (AvgIpc) is 2.37. The van der Waals surface area contributed by atoms with Crippen molar-refractivity contribution >= 4 is 23.4 Å². The van der Waals surface area contributed by atoms with Gasteiger partial charge in [-0.2, -0.15) is 11.8 Å². The second kappa shape index (κ2) is 6.07. The van der Waals surface area contributed by atoms with E-state index < -0.39 is 0 Å². The van der Waals surface area contributed by atoms with E-state index in [0.717, 1.165) is 31.0 Å². The molecule has 3 nitrogen and oxygen atoms in total. The van der Waals surface area contributed by atoms with Crippen LogP contribution in [0.25, 0.3) is 0 Å². The number of carbonyl (C=O) groups is 1. The van der Waals surface area contributed by atoms with Gasteiger partial charge in [0.25, 0.3) is 0 Å². The van der Waals surface area contributed by atoms with Gasteiger partial charge in [0.15, 0.2) is 0 Å². The number of rotatable bonds is 4. The Balaban J connectivity index is 2.08. The predicted octanol–water partition coefficient (Wildman–Crippen LogP) is 2.02. The fourth-order valence-corrected chi connectivity index (χ4v) is 2.43. The van der Waals surface area contributed by atoms with E-state index in [2.05, 4.69) is 16.7 Å². The Hall–Kier alpha value is -1.00. The Bertz CT molecular complexity index is 406. The maximum atomic E-state index is 11.7. The normalized spacial score (nSPS) is 14.2. The molecule has 0 saturated carbocycles. The molecule has 0 unspecified atom stereocenters. The van der Waals surface area contributed by atoms with Crippen LogP contribution in [-0.2, 0) is 17.8 Å². The van der Waals surface area contributed by atoms with E-state index in [9.17, 15) is 4.79 Å². The molecule has 1 aliphatic heterocycles. The van der Waals surface area contributed by atoms with Gasteiger partial charge in [-0.05, 0) is 36.4 Å². The Labute approximate surface area is 106 Å². The molecule has 4 heteroatoms. The zero-order valence-corrected chi connectivity index (χ0v) is 10.9. The number of amides is 1. The molecular weight excluding hydrogens is 232 g/mol. The summed E-state index contributed by atoms with van der Waals surface area (Å²) < 4.78 is 0. The first-order valence-corrected chi connectivity index (χ1v) is 7.31. The van der Waals surface area contributed by atoms with Crippen LogP contribution >= 0.6 is 11.8 Å². The van der Waals surface area contributed by atoms with Crippen LogP contribution in [0.4, 0.5) is 5.69 Å². The second-order valence-corrected chi connectivity index (χ2v) is 5.15. The van der Waals surface area contributed by atoms with Crippen molar-refractivity contribution < 1.29 is 4.79 Å². The van der Waals surface area contributed by atoms with E-state index in [4.69, 9.17) is 0 Å². The molecule has 0 aliphatic carbocycles. The number of nitrogens with one attached hydrogen (secondary N) is 2. The highest BCUT2D eigenvalue weighted by Crippen LogP contribution is 2.23. The standard InChI is InChI=1S/C13H18N2OS/c1-17-8-6-13(16)15-12-4-2-3-10-5-7-14-9-11(10)12/h2-4,14H,5-9H2,1H3,(H,15,16). The van der Waals surface area contributed by atoms with Crippen LogP contribution in [0.1, 0.15) is 17.5 Å². The molecule has 0 atom stereocenters. The largest absolute Gasteiger partial charge is 0.326 e. The second-order valence-electron chi connectivity index (χ2n) is 4.16. The lowest BCUT2D eigenvalue weighted by Crippen LogP contribution is -2.25. The highest BCUT2D eigenvalue weighted by Gasteiger charge is 2.13. The van der Waals surface area contributed by atoms with Crippen molar-refractivity contribution in [3.05, 3.63) is 29.3 Å². The number of carbonyl (C=O) groups excluding carboxylic acids is 1. The monoisotopic (exact) mass is 250 g/mol. The van der Waals surface area contributed by atoms with Gasteiger partial charge in [0.1, 0.15) is 0 Å². The first-order valence-electron chi connectivity index (χ1n) is 5.91. The first-order chi connectivity index (χ1) is 8.31. The molecule has 1 aromatic rings. The molecular formula is C13H18N2OS. The van der Waals surface area contributed by atoms with Crippen molar-refractivity contribution in [2.45, 2.75) is 19.4 Å². The van der Waals surface area contributed by atoms with E-state index in [-0.39, 0.29) is 5.91 Å². The zero-order valence-electron chi connectivity index (χ0n) is 10.1. The van der Waals surface area contributed by atoms with Gasteiger partial charge in [-0.1, -0.05) is 12.1 Å². The van der Waals surface area contributed by atoms with Crippen molar-refractivity contribution in [1.82, 2.24) is 5.32 Å². The molecule has 0 aromatic heterocycles. The summed E-state index contributed by atoms with van der Waals surface area (Å²) in [7, 11) is 0. The summed E-state index contributed by atoms with van der Waals surface area (Å²) in [6.45, 7) is 1.88. The number of hydrogen-bond donors (Lipinski definition) is 2. The SMILES string of the molecule is CSCCC(=O)Nc1cccc2c1CNCC2. The van der Waals surface area contributed by atoms with Gasteiger partial charge in [0.2, 0.25) is 5.91 Å². The van der Waals surface area contributed by atoms with Crippen molar-refractivity contribution in [1.29, 1.82) is 0 Å². The molecule has 0 fully saturated rings. The van der Waals surface area contributed by atoms with Crippen LogP contribution in [-0.4, -0.2) is 24.5 Å². The van der Waals surface area contributed by atoms with Gasteiger partial charge in [0, 0.05) is 24.4 Å². The number of benzene rings is 1. The molecule has 1 heterocycles. The van der Waals surface area contributed by atoms with Crippen molar-refractivity contribution in [2.24, 2.45) is 0 Å². The number of thioether (sulfide) groups is 1. The Kier molecular flexibility index (Phi) is 4.45. The average molecular weight is 250 g/mol. The van der Waals surface area contributed by atoms with E-state index in [1.165, 1.54) is 11.1 Å². The predicted molar refractivity (Wildman–Crippen MR) is 73.5 cm³/mol. The maximum absolute atomic E-state index is 11.7. The quantitative estimate of drug-likeness (QED) is 0.859. The lowest BCUT2D eigenvalue weighted by molar-refractivity contribution is -0.115. The van der Waals surface area contributed by atoms with Crippen molar-refractivity contribution in [2.75, 3.05) is 23.9 Å². The minimum absolute atomic E-state index is 0.110. The van der Waals surface area contributed by atoms with Crippen LogP contribution in [0.2, 0.25) is 0 Å². The van der Waals surface area contributed by atoms with Crippen molar-refractivity contribution in [3.63, 3.8) is 0 Å². The minimum Gasteiger partial charge on any atom is -0.326 e. The molecule has 92 valence electrons. The van der Waals surface area contributed by atoms with Crippen LogP contribution < -0.4 is 10.6 Å². The van der Waals surface area contributed by atoms with E-state index >= 15 is 0 Å². The molecule has 0 radical (unpaired) electrons. The highest BCUT2D eigenvalue weighted by molar-refractivity contribution is 7.98. The van der Waals surface area contributed by atoms with Crippen LogP contribution in [0, 0.1) is 0 Å². The summed E-state index contributed by atoms with van der Waals surface area (Å²) in [5, 5.41) is 6.35. The van der Waals surface area contributed by atoms with Gasteiger partial charge in [0.05, 0.1) is 0 Å². The Morgan fingerprint density at radius 3 is 3.24 bits per heavy atom. The minimum atomic E-state index is 0.110. The zero-order chi connectivity index (χ0) is 12.1. The lowest BCUT2D eigenvalue weighted by Gasteiger charge is -2.20. The van der Waals surface area contributed by atoms with Gasteiger partial charge in [-0.25, -0.2) is 0 Å². The van der Waals surface area contributed by atoms with E-state index in [1.807, 2.05) is 18.4 Å². The summed E-state index contributed by atoms with van der Waals surface area (Å²) in [4.78, 5) is 11.7. The summed E-state index contributed by atoms with van der Waals surface area (Å²) in [5.41, 5.74) is 3.57. The van der Waals surface area contributed by atoms with E-state index in [1.54, 1.807) is 11.8 Å². The van der Waals surface area contributed by atoms with Gasteiger partial charge < -0.3 is 10.6 Å². The van der Waals surface area contributed by atoms with Gasteiger partial charge in [-0.15, -0.1) is 0 Å². The third kappa shape index (κ3) is 3.23. The molecule has 1 amide bonds. The fraction of sp³-hybridized carbons (Fsp3) is 0.462. The Morgan fingerprint density at radius 1 is 1.53 bits per heavy atom. The molecule has 1 aromatic carbocycles. The fourth-order valence-electron chi connectivity index (χ4n) is 2.04. The summed E-state index contributed by atoms with van der Waals surface area (Å²) in [6, 6.07) is 6.16. The number of anilines is 1. The molecule has 0 spiro atoms. The Morgan fingerprint density at radius 2 is 2.41 bits per heavy atom. The lowest BCUT2D eigenvalue weighted by atomic mass is 9.99. The van der Waals surface area contributed by atoms with Crippen LogP contribution in [0.15, 0.2) is 18.2 Å². The highest BCUT2D eigenvalue weighted by atomic mass is 32.2. The van der Waals surface area contributed by atoms with Crippen LogP contribution in [0.5, 0.6) is 0 Å². The van der Waals surface area contributed by atoms with Crippen molar-refractivity contribution in [3.8, 4) is 0 Å². The molecule has 1 aliphatic rings. The molecule has 2 N–H and O–H groups in total. The summed E-state index contributed by atoms with van der Waals surface area (Å²) in [5.74, 6) is 0.984. The van der Waals surface area contributed by atoms with Gasteiger partial charge in [-0.3, -0.25) is 4.79 Å². The maximum Gasteiger partial charge on any atom is 0.225 e. The van der Waals surface area contributed by atoms with E-state index in [0.29, 0.717) is 6.42 Å².